The summed E-state index contributed by atoms with van der Waals surface area (Å²) in [6.07, 6.45) is 0. The number of hydrogen-bond donors (Lipinski definition) is 0. The molecule has 3 nitrogen and oxygen atoms in total. The largest absolute Gasteiger partial charge is 0.268 e. The van der Waals surface area contributed by atoms with Gasteiger partial charge in [0, 0.05) is 16.7 Å². The van der Waals surface area contributed by atoms with Crippen LogP contribution >= 0.6 is 0 Å². The molecule has 0 spiro atoms. The summed E-state index contributed by atoms with van der Waals surface area (Å²) in [4.78, 5) is 26.9. The molecule has 0 aromatic heterocycles. The maximum Gasteiger partial charge on any atom is 0.266 e. The van der Waals surface area contributed by atoms with Crippen LogP contribution in [0.25, 0.3) is 0 Å². The molecular weight excluding hydrogens is 346 g/mol. The molecule has 28 heavy (non-hydrogen) atoms. The van der Waals surface area contributed by atoms with Gasteiger partial charge in [0.1, 0.15) is 0 Å². The summed E-state index contributed by atoms with van der Waals surface area (Å²) < 4.78 is 0. The Balaban J connectivity index is 1.68. The molecule has 0 saturated carbocycles. The number of imide groups is 1. The number of amides is 2. The molecule has 0 saturated heterocycles. The van der Waals surface area contributed by atoms with Gasteiger partial charge in [-0.1, -0.05) is 42.0 Å². The van der Waals surface area contributed by atoms with E-state index < -0.39 is 0 Å². The summed E-state index contributed by atoms with van der Waals surface area (Å²) >= 11 is 0. The zero-order valence-corrected chi connectivity index (χ0v) is 15.2. The summed E-state index contributed by atoms with van der Waals surface area (Å²) in [6.45, 7) is 1.73. The Hall–Kier alpha value is -4.08. The Kier molecular flexibility index (Phi) is 4.50. The zero-order valence-electron chi connectivity index (χ0n) is 15.2. The molecule has 0 atom stereocenters. The van der Waals surface area contributed by atoms with Crippen molar-refractivity contribution < 1.29 is 9.59 Å². The lowest BCUT2D eigenvalue weighted by Gasteiger charge is -2.14. The van der Waals surface area contributed by atoms with Crippen LogP contribution < -0.4 is 4.90 Å². The molecule has 1 heterocycles. The van der Waals surface area contributed by atoms with Gasteiger partial charge in [-0.2, -0.15) is 0 Å². The second-order valence-electron chi connectivity index (χ2n) is 6.25. The van der Waals surface area contributed by atoms with Crippen LogP contribution in [0.5, 0.6) is 0 Å². The van der Waals surface area contributed by atoms with Crippen molar-refractivity contribution in [3.8, 4) is 23.7 Å². The number of hydrogen-bond acceptors (Lipinski definition) is 2. The van der Waals surface area contributed by atoms with Crippen LogP contribution in [-0.2, 0) is 0 Å². The van der Waals surface area contributed by atoms with E-state index in [0.29, 0.717) is 22.4 Å². The highest BCUT2D eigenvalue weighted by Crippen LogP contribution is 2.29. The Morgan fingerprint density at radius 2 is 1.32 bits per heavy atom. The minimum atomic E-state index is -0.340. The number of rotatable bonds is 1. The minimum Gasteiger partial charge on any atom is -0.268 e. The topological polar surface area (TPSA) is 37.4 Å². The molecule has 0 bridgehead atoms. The van der Waals surface area contributed by atoms with Gasteiger partial charge in [0.2, 0.25) is 0 Å². The van der Waals surface area contributed by atoms with Gasteiger partial charge in [-0.25, -0.2) is 4.90 Å². The van der Waals surface area contributed by atoms with Crippen molar-refractivity contribution in [1.82, 2.24) is 0 Å². The summed E-state index contributed by atoms with van der Waals surface area (Å²) in [5.41, 5.74) is 3.63. The molecule has 0 N–H and O–H groups in total. The van der Waals surface area contributed by atoms with E-state index in [-0.39, 0.29) is 11.8 Å². The lowest BCUT2D eigenvalue weighted by Crippen LogP contribution is -2.29. The predicted molar refractivity (Wildman–Crippen MR) is 109 cm³/mol. The van der Waals surface area contributed by atoms with E-state index in [2.05, 4.69) is 23.7 Å². The number of nitrogens with zero attached hydrogens (tertiary/aromatic N) is 1. The lowest BCUT2D eigenvalue weighted by atomic mass is 10.1. The zero-order chi connectivity index (χ0) is 19.5. The maximum absolute atomic E-state index is 12.9. The van der Waals surface area contributed by atoms with Crippen molar-refractivity contribution in [2.24, 2.45) is 0 Å². The first-order valence-electron chi connectivity index (χ1n) is 8.80. The molecule has 1 aliphatic rings. The number of benzene rings is 3. The molecule has 0 aliphatic carbocycles. The molecule has 132 valence electrons. The van der Waals surface area contributed by atoms with E-state index in [0.717, 1.165) is 11.1 Å². The van der Waals surface area contributed by atoms with Crippen molar-refractivity contribution in [3.63, 3.8) is 0 Å². The van der Waals surface area contributed by atoms with Crippen LogP contribution in [0.4, 0.5) is 5.69 Å². The molecule has 4 rings (SSSR count). The fraction of sp³-hybridized carbons (Fsp3) is 0.0400. The highest BCUT2D eigenvalue weighted by atomic mass is 16.2. The number of carbonyl (C=O) groups is 2. The van der Waals surface area contributed by atoms with Crippen LogP contribution in [-0.4, -0.2) is 11.8 Å². The molecule has 0 fully saturated rings. The van der Waals surface area contributed by atoms with Gasteiger partial charge >= 0.3 is 0 Å². The summed E-state index contributed by atoms with van der Waals surface area (Å²) in [7, 11) is 0. The van der Waals surface area contributed by atoms with E-state index in [1.807, 2.05) is 36.4 Å². The van der Waals surface area contributed by atoms with Gasteiger partial charge in [0.05, 0.1) is 16.8 Å². The summed E-state index contributed by atoms with van der Waals surface area (Å²) in [5, 5.41) is 0. The molecule has 0 unspecified atom stereocenters. The van der Waals surface area contributed by atoms with Crippen molar-refractivity contribution in [1.29, 1.82) is 0 Å². The van der Waals surface area contributed by atoms with E-state index in [9.17, 15) is 9.59 Å². The van der Waals surface area contributed by atoms with Crippen LogP contribution in [0.3, 0.4) is 0 Å². The molecule has 1 aliphatic heterocycles. The summed E-state index contributed by atoms with van der Waals surface area (Å²) in [6, 6.07) is 21.9. The Morgan fingerprint density at radius 1 is 0.643 bits per heavy atom. The Bertz CT molecular complexity index is 1220. The first-order valence-corrected chi connectivity index (χ1v) is 8.80. The van der Waals surface area contributed by atoms with Crippen LogP contribution in [0, 0.1) is 23.7 Å². The normalized spacial score (nSPS) is 12.0. The SMILES string of the molecule is CC#Cc1ccc2c(c1)C(=O)N(c1cccc(C#Cc3ccccc3)c1)C2=O. The van der Waals surface area contributed by atoms with E-state index >= 15 is 0 Å². The second kappa shape index (κ2) is 7.27. The quantitative estimate of drug-likeness (QED) is 0.480. The van der Waals surface area contributed by atoms with Gasteiger partial charge in [-0.05, 0) is 55.5 Å². The number of anilines is 1. The van der Waals surface area contributed by atoms with E-state index in [1.54, 1.807) is 43.3 Å². The fourth-order valence-electron chi connectivity index (χ4n) is 3.09. The van der Waals surface area contributed by atoms with Gasteiger partial charge in [0.15, 0.2) is 0 Å². The molecule has 3 heteroatoms. The maximum atomic E-state index is 12.9. The Labute approximate surface area is 163 Å². The van der Waals surface area contributed by atoms with Gasteiger partial charge < -0.3 is 0 Å². The Morgan fingerprint density at radius 3 is 2.11 bits per heavy atom. The van der Waals surface area contributed by atoms with Gasteiger partial charge in [0.25, 0.3) is 11.8 Å². The standard InChI is InChI=1S/C25H15NO2/c1-2-7-19-14-15-22-23(17-19)25(28)26(24(22)27)21-11-6-10-20(16-21)13-12-18-8-4-3-5-9-18/h3-6,8-11,14-17H,1H3. The first kappa shape index (κ1) is 17.3. The first-order chi connectivity index (χ1) is 13.7. The average molecular weight is 361 g/mol. The fourth-order valence-corrected chi connectivity index (χ4v) is 3.09. The third kappa shape index (κ3) is 3.18. The van der Waals surface area contributed by atoms with Crippen molar-refractivity contribution in [2.45, 2.75) is 6.92 Å². The molecular formula is C25H15NO2. The molecule has 2 amide bonds. The van der Waals surface area contributed by atoms with Gasteiger partial charge in [-0.3, -0.25) is 9.59 Å². The van der Waals surface area contributed by atoms with Crippen LogP contribution in [0.1, 0.15) is 44.3 Å². The van der Waals surface area contributed by atoms with Crippen LogP contribution in [0.2, 0.25) is 0 Å². The third-order valence-electron chi connectivity index (χ3n) is 4.39. The highest BCUT2D eigenvalue weighted by Gasteiger charge is 2.36. The third-order valence-corrected chi connectivity index (χ3v) is 4.39. The highest BCUT2D eigenvalue weighted by molar-refractivity contribution is 6.34. The van der Waals surface area contributed by atoms with Crippen molar-refractivity contribution >= 4 is 17.5 Å². The molecule has 3 aromatic carbocycles. The minimum absolute atomic E-state index is 0.329. The second-order valence-corrected chi connectivity index (χ2v) is 6.25. The molecule has 3 aromatic rings. The van der Waals surface area contributed by atoms with E-state index in [4.69, 9.17) is 0 Å². The number of carbonyl (C=O) groups excluding carboxylic acids is 2. The van der Waals surface area contributed by atoms with Gasteiger partial charge in [-0.15, -0.1) is 5.92 Å². The van der Waals surface area contributed by atoms with Crippen molar-refractivity contribution in [2.75, 3.05) is 4.90 Å². The van der Waals surface area contributed by atoms with E-state index in [1.165, 1.54) is 4.90 Å². The monoisotopic (exact) mass is 361 g/mol. The van der Waals surface area contributed by atoms with Crippen molar-refractivity contribution in [3.05, 3.63) is 101 Å². The number of fused-ring (bicyclic) bond motifs is 1. The average Bonchev–Trinajstić information content (AvgIpc) is 2.98. The summed E-state index contributed by atoms with van der Waals surface area (Å²) in [5.74, 6) is 11.2. The molecule has 0 radical (unpaired) electrons. The smallest absolute Gasteiger partial charge is 0.266 e. The van der Waals surface area contributed by atoms with Crippen LogP contribution in [0.15, 0.2) is 72.8 Å². The lowest BCUT2D eigenvalue weighted by molar-refractivity contribution is 0.0926. The predicted octanol–water partition coefficient (Wildman–Crippen LogP) is 4.26.